The number of likely N-dealkylation sites (tertiary alicyclic amines) is 1. The van der Waals surface area contributed by atoms with E-state index in [4.69, 9.17) is 0 Å². The summed E-state index contributed by atoms with van der Waals surface area (Å²) in [5, 5.41) is 2.69. The van der Waals surface area contributed by atoms with Gasteiger partial charge in [-0.2, -0.15) is 0 Å². The summed E-state index contributed by atoms with van der Waals surface area (Å²) < 4.78 is 14.4. The van der Waals surface area contributed by atoms with Gasteiger partial charge in [0.2, 0.25) is 0 Å². The zero-order valence-electron chi connectivity index (χ0n) is 13.6. The molecule has 1 aliphatic heterocycles. The Morgan fingerprint density at radius 1 is 1.12 bits per heavy atom. The van der Waals surface area contributed by atoms with Gasteiger partial charge in [0.1, 0.15) is 5.82 Å². The molecule has 0 aromatic heterocycles. The largest absolute Gasteiger partial charge is 0.348 e. The summed E-state index contributed by atoms with van der Waals surface area (Å²) in [6, 6.07) is 11.5. The van der Waals surface area contributed by atoms with Gasteiger partial charge in [0.05, 0.1) is 5.56 Å². The Hall–Kier alpha value is -2.21. The van der Waals surface area contributed by atoms with Gasteiger partial charge in [0.15, 0.2) is 0 Å². The van der Waals surface area contributed by atoms with E-state index in [9.17, 15) is 14.0 Å². The van der Waals surface area contributed by atoms with E-state index in [1.165, 1.54) is 12.1 Å². The lowest BCUT2D eigenvalue weighted by Gasteiger charge is -2.15. The molecule has 2 aromatic rings. The molecular weight excluding hydrogens is 387 g/mol. The minimum atomic E-state index is -0.579. The number of carbonyl (C=O) groups is 2. The molecule has 25 heavy (non-hydrogen) atoms. The number of nitrogens with zero attached hydrogens (tertiary/aromatic N) is 1. The standard InChI is InChI=1S/C19H18BrFN2O2/c20-15-6-7-16(17(21)11-15)18(24)22-12-13-4-3-5-14(10-13)19(25)23-8-1-2-9-23/h3-7,10-11H,1-2,8-9,12H2,(H,22,24). The van der Waals surface area contributed by atoms with E-state index in [0.29, 0.717) is 10.0 Å². The second kappa shape index (κ2) is 7.78. The molecule has 6 heteroatoms. The van der Waals surface area contributed by atoms with Crippen molar-refractivity contribution in [2.24, 2.45) is 0 Å². The second-order valence-electron chi connectivity index (χ2n) is 6.01. The van der Waals surface area contributed by atoms with E-state index >= 15 is 0 Å². The highest BCUT2D eigenvalue weighted by Crippen LogP contribution is 2.16. The number of hydrogen-bond acceptors (Lipinski definition) is 2. The summed E-state index contributed by atoms with van der Waals surface area (Å²) in [6.45, 7) is 1.82. The van der Waals surface area contributed by atoms with Gasteiger partial charge in [-0.3, -0.25) is 9.59 Å². The van der Waals surface area contributed by atoms with Gasteiger partial charge >= 0.3 is 0 Å². The summed E-state index contributed by atoms with van der Waals surface area (Å²) in [6.07, 6.45) is 2.08. The maximum absolute atomic E-state index is 13.8. The lowest BCUT2D eigenvalue weighted by Crippen LogP contribution is -2.28. The first kappa shape index (κ1) is 17.6. The average molecular weight is 405 g/mol. The van der Waals surface area contributed by atoms with Crippen molar-refractivity contribution in [2.45, 2.75) is 19.4 Å². The fourth-order valence-corrected chi connectivity index (χ4v) is 3.20. The van der Waals surface area contributed by atoms with Gasteiger partial charge in [-0.1, -0.05) is 28.1 Å². The van der Waals surface area contributed by atoms with Gasteiger partial charge in [0, 0.05) is 29.7 Å². The molecule has 0 spiro atoms. The quantitative estimate of drug-likeness (QED) is 0.843. The van der Waals surface area contributed by atoms with Crippen molar-refractivity contribution < 1.29 is 14.0 Å². The summed E-state index contributed by atoms with van der Waals surface area (Å²) in [5.74, 6) is -1.05. The highest BCUT2D eigenvalue weighted by Gasteiger charge is 2.19. The smallest absolute Gasteiger partial charge is 0.254 e. The maximum atomic E-state index is 13.8. The van der Waals surface area contributed by atoms with E-state index in [1.54, 1.807) is 24.3 Å². The molecule has 2 amide bonds. The Labute approximate surface area is 154 Å². The summed E-state index contributed by atoms with van der Waals surface area (Å²) in [4.78, 5) is 26.4. The van der Waals surface area contributed by atoms with E-state index in [1.807, 2.05) is 11.0 Å². The molecule has 1 aliphatic rings. The molecule has 0 aliphatic carbocycles. The molecular formula is C19H18BrFN2O2. The summed E-state index contributed by atoms with van der Waals surface area (Å²) in [7, 11) is 0. The molecule has 1 heterocycles. The lowest BCUT2D eigenvalue weighted by atomic mass is 10.1. The molecule has 130 valence electrons. The Morgan fingerprint density at radius 3 is 2.60 bits per heavy atom. The third kappa shape index (κ3) is 4.25. The van der Waals surface area contributed by atoms with Crippen molar-refractivity contribution in [3.8, 4) is 0 Å². The van der Waals surface area contributed by atoms with Crippen LogP contribution in [0.3, 0.4) is 0 Å². The monoisotopic (exact) mass is 404 g/mol. The highest BCUT2D eigenvalue weighted by atomic mass is 79.9. The topological polar surface area (TPSA) is 49.4 Å². The van der Waals surface area contributed by atoms with Crippen LogP contribution in [-0.4, -0.2) is 29.8 Å². The fourth-order valence-electron chi connectivity index (χ4n) is 2.87. The number of carbonyl (C=O) groups excluding carboxylic acids is 2. The van der Waals surface area contributed by atoms with E-state index in [0.717, 1.165) is 31.5 Å². The summed E-state index contributed by atoms with van der Waals surface area (Å²) in [5.41, 5.74) is 1.41. The minimum absolute atomic E-state index is 0.00695. The van der Waals surface area contributed by atoms with Crippen LogP contribution in [0.4, 0.5) is 4.39 Å². The second-order valence-corrected chi connectivity index (χ2v) is 6.92. The van der Waals surface area contributed by atoms with Gasteiger partial charge in [-0.05, 0) is 48.7 Å². The molecule has 1 N–H and O–H groups in total. The number of rotatable bonds is 4. The van der Waals surface area contributed by atoms with Crippen LogP contribution < -0.4 is 5.32 Å². The number of amides is 2. The Morgan fingerprint density at radius 2 is 1.88 bits per heavy atom. The van der Waals surface area contributed by atoms with Gasteiger partial charge in [0.25, 0.3) is 11.8 Å². The van der Waals surface area contributed by atoms with Crippen LogP contribution in [0.15, 0.2) is 46.9 Å². The first-order valence-electron chi connectivity index (χ1n) is 8.16. The van der Waals surface area contributed by atoms with Crippen molar-refractivity contribution in [1.82, 2.24) is 10.2 Å². The molecule has 2 aromatic carbocycles. The predicted octanol–water partition coefficient (Wildman–Crippen LogP) is 3.75. The van der Waals surface area contributed by atoms with E-state index < -0.39 is 11.7 Å². The first-order chi connectivity index (χ1) is 12.0. The number of benzene rings is 2. The van der Waals surface area contributed by atoms with E-state index in [-0.39, 0.29) is 18.0 Å². The van der Waals surface area contributed by atoms with Crippen LogP contribution in [0.5, 0.6) is 0 Å². The van der Waals surface area contributed by atoms with Gasteiger partial charge in [-0.15, -0.1) is 0 Å². The zero-order chi connectivity index (χ0) is 17.8. The highest BCUT2D eigenvalue weighted by molar-refractivity contribution is 9.10. The molecule has 4 nitrogen and oxygen atoms in total. The van der Waals surface area contributed by atoms with Crippen LogP contribution in [0, 0.1) is 5.82 Å². The molecule has 1 saturated heterocycles. The molecule has 0 unspecified atom stereocenters. The predicted molar refractivity (Wildman–Crippen MR) is 96.8 cm³/mol. The normalized spacial score (nSPS) is 13.8. The number of halogens is 2. The third-order valence-corrected chi connectivity index (χ3v) is 4.69. The number of nitrogens with one attached hydrogen (secondary N) is 1. The van der Waals surface area contributed by atoms with E-state index in [2.05, 4.69) is 21.2 Å². The minimum Gasteiger partial charge on any atom is -0.348 e. The first-order valence-corrected chi connectivity index (χ1v) is 8.95. The molecule has 3 rings (SSSR count). The van der Waals surface area contributed by atoms with Crippen LogP contribution in [0.1, 0.15) is 39.1 Å². The maximum Gasteiger partial charge on any atom is 0.254 e. The van der Waals surface area contributed by atoms with Crippen molar-refractivity contribution in [3.63, 3.8) is 0 Å². The van der Waals surface area contributed by atoms with Crippen molar-refractivity contribution in [3.05, 3.63) is 69.4 Å². The van der Waals surface area contributed by atoms with Crippen LogP contribution in [-0.2, 0) is 6.54 Å². The number of hydrogen-bond donors (Lipinski definition) is 1. The third-order valence-electron chi connectivity index (χ3n) is 4.20. The molecule has 0 atom stereocenters. The van der Waals surface area contributed by atoms with Crippen LogP contribution in [0.25, 0.3) is 0 Å². The van der Waals surface area contributed by atoms with Gasteiger partial charge in [-0.25, -0.2) is 4.39 Å². The van der Waals surface area contributed by atoms with Crippen LogP contribution in [0.2, 0.25) is 0 Å². The van der Waals surface area contributed by atoms with Crippen LogP contribution >= 0.6 is 15.9 Å². The van der Waals surface area contributed by atoms with Gasteiger partial charge < -0.3 is 10.2 Å². The van der Waals surface area contributed by atoms with Crippen molar-refractivity contribution in [1.29, 1.82) is 0 Å². The zero-order valence-corrected chi connectivity index (χ0v) is 15.2. The molecule has 0 saturated carbocycles. The van der Waals surface area contributed by atoms with Crippen molar-refractivity contribution in [2.75, 3.05) is 13.1 Å². The lowest BCUT2D eigenvalue weighted by molar-refractivity contribution is 0.0792. The summed E-state index contributed by atoms with van der Waals surface area (Å²) >= 11 is 3.16. The Kier molecular flexibility index (Phi) is 5.48. The molecule has 0 radical (unpaired) electrons. The Bertz CT molecular complexity index is 804. The fraction of sp³-hybridized carbons (Fsp3) is 0.263. The SMILES string of the molecule is O=C(NCc1cccc(C(=O)N2CCCC2)c1)c1ccc(Br)cc1F. The average Bonchev–Trinajstić information content (AvgIpc) is 3.14. The molecule has 0 bridgehead atoms. The molecule has 1 fully saturated rings. The Balaban J connectivity index is 1.66. The van der Waals surface area contributed by atoms with Crippen molar-refractivity contribution >= 4 is 27.7 Å².